The third kappa shape index (κ3) is 3.13. The Morgan fingerprint density at radius 3 is 1.86 bits per heavy atom. The van der Waals surface area contributed by atoms with Gasteiger partial charge in [-0.25, -0.2) is 0 Å². The number of carbonyl (C=O) groups excluding carboxylic acids is 2. The summed E-state index contributed by atoms with van der Waals surface area (Å²) in [5.74, 6) is 0.0777. The minimum Gasteiger partial charge on any atom is -0.393 e. The number of carbonyl (C=O) groups is 2. The van der Waals surface area contributed by atoms with E-state index in [1.807, 2.05) is 0 Å². The van der Waals surface area contributed by atoms with Crippen LogP contribution in [0.2, 0.25) is 0 Å². The van der Waals surface area contributed by atoms with E-state index in [0.29, 0.717) is 24.7 Å². The molecule has 0 bridgehead atoms. The van der Waals surface area contributed by atoms with E-state index >= 15 is 0 Å². The summed E-state index contributed by atoms with van der Waals surface area (Å²) in [7, 11) is 0. The van der Waals surface area contributed by atoms with Gasteiger partial charge in [0.05, 0.1) is 0 Å². The van der Waals surface area contributed by atoms with Gasteiger partial charge in [-0.3, -0.25) is 9.59 Å². The number of hydrogen-bond acceptors (Lipinski definition) is 3. The lowest BCUT2D eigenvalue weighted by molar-refractivity contribution is -0.162. The molecule has 0 radical (unpaired) electrons. The largest absolute Gasteiger partial charge is 0.393 e. The summed E-state index contributed by atoms with van der Waals surface area (Å²) in [6.07, 6.45) is 3.75. The summed E-state index contributed by atoms with van der Waals surface area (Å²) < 4.78 is 4.68. The van der Waals surface area contributed by atoms with Crippen molar-refractivity contribution in [3.8, 4) is 0 Å². The molecule has 0 amide bonds. The van der Waals surface area contributed by atoms with E-state index < -0.39 is 0 Å². The average Bonchev–Trinajstić information content (AvgIpc) is 2.12. The Labute approximate surface area is 84.8 Å². The molecule has 1 aliphatic rings. The molecule has 1 heterocycles. The maximum atomic E-state index is 11.2. The normalized spacial score (nSPS) is 29.3. The topological polar surface area (TPSA) is 43.4 Å². The fourth-order valence-electron chi connectivity index (χ4n) is 1.94. The second-order valence-electron chi connectivity index (χ2n) is 4.04. The van der Waals surface area contributed by atoms with Crippen LogP contribution in [0.3, 0.4) is 0 Å². The van der Waals surface area contributed by atoms with Crippen LogP contribution in [0.5, 0.6) is 0 Å². The first-order valence-corrected chi connectivity index (χ1v) is 5.39. The summed E-state index contributed by atoms with van der Waals surface area (Å²) in [5.41, 5.74) is 0. The first-order chi connectivity index (χ1) is 6.65. The molecule has 80 valence electrons. The fourth-order valence-corrected chi connectivity index (χ4v) is 1.94. The number of cyclic esters (lactones) is 2. The molecule has 0 aliphatic carbocycles. The van der Waals surface area contributed by atoms with Crippen LogP contribution in [0.15, 0.2) is 0 Å². The molecule has 3 heteroatoms. The van der Waals surface area contributed by atoms with E-state index in [4.69, 9.17) is 0 Å². The van der Waals surface area contributed by atoms with Crippen LogP contribution in [0.25, 0.3) is 0 Å². The van der Waals surface area contributed by atoms with E-state index in [1.165, 1.54) is 0 Å². The molecule has 2 unspecified atom stereocenters. The van der Waals surface area contributed by atoms with Crippen molar-refractivity contribution >= 4 is 11.9 Å². The standard InChI is InChI=1S/C11H18O3/c1-3-8-5-9(4-2)7-11(13)14-10(12)6-8/h8-9H,3-7H2,1-2H3. The van der Waals surface area contributed by atoms with Gasteiger partial charge < -0.3 is 4.74 Å². The van der Waals surface area contributed by atoms with Gasteiger partial charge in [0.15, 0.2) is 0 Å². The Morgan fingerprint density at radius 1 is 1.07 bits per heavy atom. The summed E-state index contributed by atoms with van der Waals surface area (Å²) in [6, 6.07) is 0. The Kier molecular flexibility index (Phi) is 4.11. The molecule has 0 N–H and O–H groups in total. The van der Waals surface area contributed by atoms with Gasteiger partial charge in [-0.1, -0.05) is 26.7 Å². The maximum absolute atomic E-state index is 11.2. The van der Waals surface area contributed by atoms with Gasteiger partial charge in [0, 0.05) is 12.8 Å². The highest BCUT2D eigenvalue weighted by atomic mass is 16.6. The van der Waals surface area contributed by atoms with Crippen molar-refractivity contribution in [3.63, 3.8) is 0 Å². The number of esters is 2. The predicted molar refractivity (Wildman–Crippen MR) is 52.5 cm³/mol. The molecule has 1 aliphatic heterocycles. The highest BCUT2D eigenvalue weighted by molar-refractivity contribution is 5.85. The quantitative estimate of drug-likeness (QED) is 0.505. The van der Waals surface area contributed by atoms with E-state index in [2.05, 4.69) is 18.6 Å². The van der Waals surface area contributed by atoms with Crippen LogP contribution in [-0.4, -0.2) is 11.9 Å². The second kappa shape index (κ2) is 5.13. The zero-order valence-electron chi connectivity index (χ0n) is 8.91. The van der Waals surface area contributed by atoms with Crippen molar-refractivity contribution < 1.29 is 14.3 Å². The summed E-state index contributed by atoms with van der Waals surface area (Å²) in [6.45, 7) is 4.15. The van der Waals surface area contributed by atoms with Crippen LogP contribution in [-0.2, 0) is 14.3 Å². The van der Waals surface area contributed by atoms with Crippen LogP contribution in [0.1, 0.15) is 46.0 Å². The van der Waals surface area contributed by atoms with E-state index in [-0.39, 0.29) is 11.9 Å². The Bertz CT molecular complexity index is 201. The van der Waals surface area contributed by atoms with Gasteiger partial charge in [-0.2, -0.15) is 0 Å². The van der Waals surface area contributed by atoms with Gasteiger partial charge in [-0.05, 0) is 18.3 Å². The van der Waals surface area contributed by atoms with Crippen molar-refractivity contribution in [3.05, 3.63) is 0 Å². The molecule has 1 rings (SSSR count). The number of rotatable bonds is 2. The lowest BCUT2D eigenvalue weighted by Gasteiger charge is -2.23. The van der Waals surface area contributed by atoms with Crippen molar-refractivity contribution in [1.29, 1.82) is 0 Å². The third-order valence-corrected chi connectivity index (χ3v) is 2.96. The zero-order valence-corrected chi connectivity index (χ0v) is 8.91. The van der Waals surface area contributed by atoms with Gasteiger partial charge in [-0.15, -0.1) is 0 Å². The Balaban J connectivity index is 2.61. The minimum atomic E-state index is -0.351. The van der Waals surface area contributed by atoms with Crippen molar-refractivity contribution in [2.45, 2.75) is 46.0 Å². The zero-order chi connectivity index (χ0) is 10.6. The third-order valence-electron chi connectivity index (χ3n) is 2.96. The lowest BCUT2D eigenvalue weighted by atomic mass is 9.86. The average molecular weight is 198 g/mol. The molecular formula is C11H18O3. The monoisotopic (exact) mass is 198 g/mol. The van der Waals surface area contributed by atoms with E-state index in [0.717, 1.165) is 19.3 Å². The molecule has 3 nitrogen and oxygen atoms in total. The number of ether oxygens (including phenoxy) is 1. The second-order valence-corrected chi connectivity index (χ2v) is 4.04. The molecule has 0 aromatic carbocycles. The van der Waals surface area contributed by atoms with Gasteiger partial charge in [0.2, 0.25) is 0 Å². The first kappa shape index (κ1) is 11.2. The first-order valence-electron chi connectivity index (χ1n) is 5.39. The van der Waals surface area contributed by atoms with E-state index in [9.17, 15) is 9.59 Å². The molecule has 0 spiro atoms. The molecule has 1 fully saturated rings. The Morgan fingerprint density at radius 2 is 1.50 bits per heavy atom. The van der Waals surface area contributed by atoms with Crippen LogP contribution in [0.4, 0.5) is 0 Å². The maximum Gasteiger partial charge on any atom is 0.313 e. The highest BCUT2D eigenvalue weighted by Gasteiger charge is 2.25. The number of hydrogen-bond donors (Lipinski definition) is 0. The molecule has 0 aromatic heterocycles. The lowest BCUT2D eigenvalue weighted by Crippen LogP contribution is -2.24. The molecule has 0 saturated carbocycles. The molecule has 2 atom stereocenters. The predicted octanol–water partition coefficient (Wildman–Crippen LogP) is 2.29. The minimum absolute atomic E-state index is 0.351. The van der Waals surface area contributed by atoms with Gasteiger partial charge in [0.25, 0.3) is 0 Å². The Hall–Kier alpha value is -0.860. The van der Waals surface area contributed by atoms with Crippen molar-refractivity contribution in [2.75, 3.05) is 0 Å². The van der Waals surface area contributed by atoms with Crippen molar-refractivity contribution in [1.82, 2.24) is 0 Å². The molecule has 14 heavy (non-hydrogen) atoms. The fraction of sp³-hybridized carbons (Fsp3) is 0.818. The summed E-state index contributed by atoms with van der Waals surface area (Å²) in [4.78, 5) is 22.3. The SMILES string of the molecule is CCC1CC(=O)OC(=O)CC(CC)C1. The summed E-state index contributed by atoms with van der Waals surface area (Å²) >= 11 is 0. The van der Waals surface area contributed by atoms with Crippen LogP contribution >= 0.6 is 0 Å². The van der Waals surface area contributed by atoms with Gasteiger partial charge >= 0.3 is 11.9 Å². The smallest absolute Gasteiger partial charge is 0.313 e. The van der Waals surface area contributed by atoms with Crippen molar-refractivity contribution in [2.24, 2.45) is 11.8 Å². The van der Waals surface area contributed by atoms with Crippen LogP contribution in [0, 0.1) is 11.8 Å². The van der Waals surface area contributed by atoms with Crippen LogP contribution < -0.4 is 0 Å². The van der Waals surface area contributed by atoms with Gasteiger partial charge in [0.1, 0.15) is 0 Å². The summed E-state index contributed by atoms with van der Waals surface area (Å²) in [5, 5.41) is 0. The highest BCUT2D eigenvalue weighted by Crippen LogP contribution is 2.26. The van der Waals surface area contributed by atoms with E-state index in [1.54, 1.807) is 0 Å². The molecule has 1 saturated heterocycles. The molecular weight excluding hydrogens is 180 g/mol. The molecule has 0 aromatic rings.